The van der Waals surface area contributed by atoms with Crippen molar-refractivity contribution in [1.82, 2.24) is 10.2 Å². The molecule has 0 aliphatic heterocycles. The van der Waals surface area contributed by atoms with Crippen LogP contribution in [0.3, 0.4) is 0 Å². The summed E-state index contributed by atoms with van der Waals surface area (Å²) in [4.78, 5) is 0.221. The molecule has 0 amide bonds. The first kappa shape index (κ1) is 13.7. The van der Waals surface area contributed by atoms with Crippen molar-refractivity contribution in [2.75, 3.05) is 0 Å². The molecule has 0 saturated heterocycles. The van der Waals surface area contributed by atoms with Crippen LogP contribution in [0.25, 0.3) is 11.1 Å². The Hall–Kier alpha value is -2.27. The van der Waals surface area contributed by atoms with Crippen molar-refractivity contribution in [1.29, 1.82) is 0 Å². The van der Waals surface area contributed by atoms with E-state index in [0.717, 1.165) is 11.1 Å². The molecule has 1 aromatic heterocycles. The smallest absolute Gasteiger partial charge is 0.284 e. The lowest BCUT2D eigenvalue weighted by molar-refractivity contribution is 0.467. The Morgan fingerprint density at radius 3 is 2.57 bits per heavy atom. The van der Waals surface area contributed by atoms with Gasteiger partial charge in [-0.15, -0.1) is 5.10 Å². The first-order valence-corrected chi connectivity index (χ1v) is 6.96. The zero-order valence-electron chi connectivity index (χ0n) is 11.3. The fraction of sp³-hybridized carbons (Fsp3) is 0.125. The Balaban J connectivity index is 1.96. The van der Waals surface area contributed by atoms with Crippen molar-refractivity contribution < 1.29 is 8.81 Å². The maximum Gasteiger partial charge on any atom is 0.284 e. The maximum absolute atomic E-state index is 14.3. The van der Waals surface area contributed by atoms with E-state index in [1.165, 1.54) is 6.07 Å². The number of rotatable bonds is 3. The molecule has 5 heteroatoms. The summed E-state index contributed by atoms with van der Waals surface area (Å²) in [7, 11) is 0. The Morgan fingerprint density at radius 1 is 1.19 bits per heavy atom. The maximum atomic E-state index is 14.3. The molecular formula is C16H13FN2OS. The lowest BCUT2D eigenvalue weighted by Gasteiger charge is -2.10. The summed E-state index contributed by atoms with van der Waals surface area (Å²) in [6.45, 7) is 1.89. The van der Waals surface area contributed by atoms with Crippen LogP contribution in [-0.2, 0) is 0 Å². The van der Waals surface area contributed by atoms with Crippen molar-refractivity contribution in [2.45, 2.75) is 12.8 Å². The Labute approximate surface area is 126 Å². The van der Waals surface area contributed by atoms with Crippen LogP contribution >= 0.6 is 12.2 Å². The normalized spacial score (nSPS) is 12.3. The van der Waals surface area contributed by atoms with Gasteiger partial charge in [-0.1, -0.05) is 42.5 Å². The summed E-state index contributed by atoms with van der Waals surface area (Å²) in [5, 5.41) is 6.56. The molecule has 3 aromatic rings. The molecule has 1 N–H and O–H groups in total. The van der Waals surface area contributed by atoms with E-state index in [4.69, 9.17) is 16.6 Å². The first-order chi connectivity index (χ1) is 10.1. The van der Waals surface area contributed by atoms with Gasteiger partial charge in [0, 0.05) is 5.56 Å². The second-order valence-corrected chi connectivity index (χ2v) is 5.15. The molecule has 0 fully saturated rings. The number of nitrogens with zero attached hydrogens (tertiary/aromatic N) is 1. The van der Waals surface area contributed by atoms with Gasteiger partial charge in [-0.25, -0.2) is 9.49 Å². The quantitative estimate of drug-likeness (QED) is 0.713. The molecule has 2 aromatic carbocycles. The minimum Gasteiger partial charge on any atom is -0.413 e. The van der Waals surface area contributed by atoms with Crippen LogP contribution in [0, 0.1) is 10.7 Å². The standard InChI is InChI=1S/C16H13FN2OS/c1-10(15-18-19-16(21)20-15)12-7-8-13(14(17)9-12)11-5-3-2-4-6-11/h2-10H,1H3,(H,19,21). The summed E-state index contributed by atoms with van der Waals surface area (Å²) in [5.74, 6) is 0.0174. The van der Waals surface area contributed by atoms with Gasteiger partial charge in [0.25, 0.3) is 4.84 Å². The molecule has 0 bridgehead atoms. The van der Waals surface area contributed by atoms with Crippen molar-refractivity contribution >= 4 is 12.2 Å². The molecule has 1 heterocycles. The fourth-order valence-corrected chi connectivity index (χ4v) is 2.35. The van der Waals surface area contributed by atoms with Crippen LogP contribution in [0.5, 0.6) is 0 Å². The molecule has 0 radical (unpaired) electrons. The van der Waals surface area contributed by atoms with E-state index < -0.39 is 0 Å². The molecule has 0 aliphatic carbocycles. The number of hydrogen-bond donors (Lipinski definition) is 1. The minimum atomic E-state index is -0.264. The van der Waals surface area contributed by atoms with Gasteiger partial charge in [-0.05, 0) is 36.3 Å². The van der Waals surface area contributed by atoms with Crippen molar-refractivity contribution in [2.24, 2.45) is 0 Å². The predicted octanol–water partition coefficient (Wildman–Crippen LogP) is 4.69. The number of hydrogen-bond acceptors (Lipinski definition) is 3. The third-order valence-corrected chi connectivity index (χ3v) is 3.58. The van der Waals surface area contributed by atoms with Crippen molar-refractivity contribution in [3.05, 3.63) is 70.6 Å². The van der Waals surface area contributed by atoms with E-state index >= 15 is 0 Å². The number of H-pyrrole nitrogens is 1. The predicted molar refractivity (Wildman–Crippen MR) is 81.0 cm³/mol. The van der Waals surface area contributed by atoms with Gasteiger partial charge in [-0.3, -0.25) is 0 Å². The largest absolute Gasteiger partial charge is 0.413 e. The number of aromatic amines is 1. The van der Waals surface area contributed by atoms with Crippen LogP contribution in [0.4, 0.5) is 4.39 Å². The van der Waals surface area contributed by atoms with Crippen LogP contribution in [0.15, 0.2) is 52.9 Å². The lowest BCUT2D eigenvalue weighted by Crippen LogP contribution is -1.98. The molecule has 106 valence electrons. The number of nitrogens with one attached hydrogen (secondary N) is 1. The van der Waals surface area contributed by atoms with Gasteiger partial charge < -0.3 is 4.42 Å². The van der Waals surface area contributed by atoms with Gasteiger partial charge in [-0.2, -0.15) is 0 Å². The number of halogens is 1. The second kappa shape index (κ2) is 5.61. The summed E-state index contributed by atoms with van der Waals surface area (Å²) >= 11 is 4.85. The van der Waals surface area contributed by atoms with E-state index in [9.17, 15) is 4.39 Å². The fourth-order valence-electron chi connectivity index (χ4n) is 2.22. The van der Waals surface area contributed by atoms with Crippen LogP contribution in [0.2, 0.25) is 0 Å². The topological polar surface area (TPSA) is 41.8 Å². The highest BCUT2D eigenvalue weighted by atomic mass is 32.1. The van der Waals surface area contributed by atoms with Gasteiger partial charge in [0.1, 0.15) is 5.82 Å². The number of benzene rings is 2. The van der Waals surface area contributed by atoms with Gasteiger partial charge in [0.15, 0.2) is 0 Å². The third kappa shape index (κ3) is 2.78. The van der Waals surface area contributed by atoms with Gasteiger partial charge >= 0.3 is 0 Å². The minimum absolute atomic E-state index is 0.169. The monoisotopic (exact) mass is 300 g/mol. The molecule has 0 aliphatic rings. The van der Waals surface area contributed by atoms with E-state index in [1.807, 2.05) is 43.3 Å². The van der Waals surface area contributed by atoms with E-state index in [2.05, 4.69) is 10.2 Å². The van der Waals surface area contributed by atoms with Crippen molar-refractivity contribution in [3.8, 4) is 11.1 Å². The zero-order chi connectivity index (χ0) is 14.8. The Kier molecular flexibility index (Phi) is 3.66. The molecule has 3 rings (SSSR count). The summed E-state index contributed by atoms with van der Waals surface area (Å²) in [6, 6.07) is 14.6. The Morgan fingerprint density at radius 2 is 1.95 bits per heavy atom. The zero-order valence-corrected chi connectivity index (χ0v) is 12.2. The lowest BCUT2D eigenvalue weighted by atomic mass is 9.97. The molecule has 1 atom stereocenters. The summed E-state index contributed by atoms with van der Waals surface area (Å²) in [6.07, 6.45) is 0. The molecule has 3 nitrogen and oxygen atoms in total. The second-order valence-electron chi connectivity index (χ2n) is 4.78. The molecule has 21 heavy (non-hydrogen) atoms. The highest BCUT2D eigenvalue weighted by Crippen LogP contribution is 2.28. The van der Waals surface area contributed by atoms with E-state index in [0.29, 0.717) is 11.5 Å². The van der Waals surface area contributed by atoms with E-state index in [1.54, 1.807) is 6.07 Å². The van der Waals surface area contributed by atoms with Crippen LogP contribution < -0.4 is 0 Å². The average molecular weight is 300 g/mol. The molecular weight excluding hydrogens is 287 g/mol. The van der Waals surface area contributed by atoms with Crippen LogP contribution in [-0.4, -0.2) is 10.2 Å². The molecule has 0 spiro atoms. The SMILES string of the molecule is CC(c1ccc(-c2ccccc2)c(F)c1)c1n[nH]c(=S)o1. The van der Waals surface area contributed by atoms with Gasteiger partial charge in [0.05, 0.1) is 5.92 Å². The molecule has 1 unspecified atom stereocenters. The highest BCUT2D eigenvalue weighted by Gasteiger charge is 2.16. The van der Waals surface area contributed by atoms with E-state index in [-0.39, 0.29) is 16.6 Å². The summed E-state index contributed by atoms with van der Waals surface area (Å²) < 4.78 is 19.6. The highest BCUT2D eigenvalue weighted by molar-refractivity contribution is 7.71. The number of aromatic nitrogens is 2. The third-order valence-electron chi connectivity index (χ3n) is 3.40. The molecule has 0 saturated carbocycles. The van der Waals surface area contributed by atoms with Crippen LogP contribution in [0.1, 0.15) is 24.3 Å². The average Bonchev–Trinajstić information content (AvgIpc) is 2.94. The first-order valence-electron chi connectivity index (χ1n) is 6.55. The summed E-state index contributed by atoms with van der Waals surface area (Å²) in [5.41, 5.74) is 2.22. The van der Waals surface area contributed by atoms with Crippen molar-refractivity contribution in [3.63, 3.8) is 0 Å². The Bertz CT molecular complexity index is 810. The van der Waals surface area contributed by atoms with Gasteiger partial charge in [0.2, 0.25) is 5.89 Å².